The standard InChI is InChI=1S/C64H87N13O17/c1-26(2)42-61(87)76-22-18-20-35(76)59(85)72(14)24-37(78)74(16)49(28(5)6)63(89)91-32(11)44(57(83)68-42)70-55(81)39-41(65)51(80)30(9)52-46(39)67-48-40(47-53(93-34(13)66-47)31(10)54(48)94-52)56(82)71-45-33(12)92-64(90)50(29(7)8)75(17)38(79)25-73(15)60(86)36-21-19-23-77(36)62(88)43(27(3)4)69-58(45)84/h26-29,32-33,35-36,42-45,49-50H,18-25,65H2,1-17H3,(H,68,83)(H,69,84)(H,70,81)(H,71,82)/t32-,33+,35-,36+,42-,43+,44+,45-,49+,50-/m1/s1. The first-order chi connectivity index (χ1) is 44.0. The quantitative estimate of drug-likeness (QED) is 0.0939. The van der Waals surface area contributed by atoms with Gasteiger partial charge in [-0.2, -0.15) is 0 Å². The van der Waals surface area contributed by atoms with E-state index in [4.69, 9.17) is 29.0 Å². The Kier molecular flexibility index (Phi) is 20.8. The van der Waals surface area contributed by atoms with Crippen LogP contribution in [0.25, 0.3) is 33.7 Å². The molecule has 0 radical (unpaired) electrons. The molecule has 94 heavy (non-hydrogen) atoms. The van der Waals surface area contributed by atoms with Gasteiger partial charge in [0, 0.05) is 59.3 Å². The van der Waals surface area contributed by atoms with E-state index in [-0.39, 0.29) is 70.9 Å². The summed E-state index contributed by atoms with van der Waals surface area (Å²) in [5.41, 5.74) is 2.68. The molecule has 1 aromatic heterocycles. The Bertz CT molecular complexity index is 3780. The molecule has 0 spiro atoms. The lowest BCUT2D eigenvalue weighted by molar-refractivity contribution is -0.163. The number of anilines is 1. The Hall–Kier alpha value is -9.25. The highest BCUT2D eigenvalue weighted by molar-refractivity contribution is 6.17. The van der Waals surface area contributed by atoms with Crippen LogP contribution in [-0.4, -0.2) is 225 Å². The minimum absolute atomic E-state index is 0.0177. The number of nitrogens with two attached hydrogens (primary N) is 1. The smallest absolute Gasteiger partial charge is 0.329 e. The van der Waals surface area contributed by atoms with Crippen LogP contribution in [0.15, 0.2) is 13.6 Å². The molecule has 6 N–H and O–H groups in total. The van der Waals surface area contributed by atoms with Gasteiger partial charge in [-0.15, -0.1) is 0 Å². The maximum Gasteiger partial charge on any atom is 0.329 e. The zero-order valence-electron chi connectivity index (χ0n) is 56.3. The van der Waals surface area contributed by atoms with Crippen molar-refractivity contribution < 1.29 is 75.8 Å². The van der Waals surface area contributed by atoms with E-state index in [1.165, 1.54) is 75.5 Å². The maximum absolute atomic E-state index is 15.6. The summed E-state index contributed by atoms with van der Waals surface area (Å²) < 4.78 is 24.6. The molecular formula is C64H87N13O17. The number of nitrogen functional groups attached to an aromatic ring is 1. The first-order valence-corrected chi connectivity index (χ1v) is 31.7. The van der Waals surface area contributed by atoms with Gasteiger partial charge >= 0.3 is 11.9 Å². The molecule has 510 valence electrons. The fourth-order valence-electron chi connectivity index (χ4n) is 13.0. The van der Waals surface area contributed by atoms with Gasteiger partial charge in [0.05, 0.1) is 29.9 Å². The third-order valence-corrected chi connectivity index (χ3v) is 18.3. The van der Waals surface area contributed by atoms with Gasteiger partial charge in [-0.25, -0.2) is 19.6 Å². The Morgan fingerprint density at radius 1 is 0.553 bits per heavy atom. The van der Waals surface area contributed by atoms with Crippen LogP contribution in [0.2, 0.25) is 0 Å². The first kappa shape index (κ1) is 70.6. The molecule has 1 aliphatic carbocycles. The highest BCUT2D eigenvalue weighted by Crippen LogP contribution is 2.39. The molecule has 10 atom stereocenters. The number of aryl methyl sites for hydroxylation is 2. The van der Waals surface area contributed by atoms with Gasteiger partial charge in [-0.1, -0.05) is 55.4 Å². The Morgan fingerprint density at radius 2 is 0.957 bits per heavy atom. The van der Waals surface area contributed by atoms with Crippen LogP contribution in [0.1, 0.15) is 133 Å². The number of hydrogen-bond donors (Lipinski definition) is 5. The molecule has 4 fully saturated rings. The minimum Gasteiger partial charge on any atom is -0.458 e. The molecule has 6 heterocycles. The van der Waals surface area contributed by atoms with E-state index in [0.717, 1.165) is 9.80 Å². The average molecular weight is 1310 g/mol. The lowest BCUT2D eigenvalue weighted by Gasteiger charge is -2.36. The number of amides is 10. The van der Waals surface area contributed by atoms with Crippen LogP contribution < -0.4 is 32.4 Å². The van der Waals surface area contributed by atoms with E-state index >= 15 is 14.4 Å². The molecule has 0 saturated carbocycles. The third kappa shape index (κ3) is 13.5. The Morgan fingerprint density at radius 3 is 1.37 bits per heavy atom. The number of benzene rings is 2. The van der Waals surface area contributed by atoms with Crippen molar-refractivity contribution in [2.75, 3.05) is 60.1 Å². The predicted molar refractivity (Wildman–Crippen MR) is 338 cm³/mol. The van der Waals surface area contributed by atoms with E-state index in [9.17, 15) is 47.9 Å². The van der Waals surface area contributed by atoms with Gasteiger partial charge in [0.2, 0.25) is 52.7 Å². The summed E-state index contributed by atoms with van der Waals surface area (Å²) in [4.78, 5) is 206. The second kappa shape index (κ2) is 27.8. The molecule has 2 aromatic rings. The van der Waals surface area contributed by atoms with Crippen molar-refractivity contribution in [3.05, 3.63) is 38.4 Å². The van der Waals surface area contributed by atoms with Crippen molar-refractivity contribution in [3.63, 3.8) is 0 Å². The molecule has 4 saturated heterocycles. The fourth-order valence-corrected chi connectivity index (χ4v) is 13.0. The molecule has 0 bridgehead atoms. The van der Waals surface area contributed by atoms with Crippen molar-refractivity contribution in [2.24, 2.45) is 23.7 Å². The number of oxazole rings is 1. The number of esters is 2. The second-order valence-corrected chi connectivity index (χ2v) is 26.5. The number of cyclic esters (lactones) is 2. The SMILES string of the molecule is Cc1nc2c(C(=O)N[C@H]3C(=O)N[C@@H](C(C)C)C(=O)N4CCC[C@H]4C(=O)N(C)CC(=O)N(C)[C@H](C(C)C)C(=O)O[C@H]3C)c3nc4c(C(=O)N[C@@H]5C(=O)N[C@H](C(C)C)C(=O)N6CCC[C@@H]6C(=O)N(C)CC(=O)N(C)[C@@H](C(C)C)C(=O)O[C@@H]5C)c(N)c(=O)c(C)c-4oc3c(C)c2o1. The largest absolute Gasteiger partial charge is 0.458 e. The molecule has 30 heteroatoms. The predicted octanol–water partition coefficient (Wildman–Crippen LogP) is 1.18. The number of carbonyl (C=O) groups is 12. The Labute approximate surface area is 543 Å². The monoisotopic (exact) mass is 1310 g/mol. The molecule has 6 aliphatic rings. The zero-order valence-corrected chi connectivity index (χ0v) is 56.3. The topological polar surface area (TPSA) is 386 Å². The normalized spacial score (nSPS) is 25.7. The van der Waals surface area contributed by atoms with Crippen molar-refractivity contribution in [1.82, 2.24) is 60.6 Å². The van der Waals surface area contributed by atoms with Gasteiger partial charge in [0.25, 0.3) is 11.8 Å². The number of nitrogens with one attached hydrogen (secondary N) is 4. The molecule has 0 unspecified atom stereocenters. The van der Waals surface area contributed by atoms with Crippen LogP contribution in [0.4, 0.5) is 5.69 Å². The van der Waals surface area contributed by atoms with Gasteiger partial charge in [0.1, 0.15) is 77.3 Å². The van der Waals surface area contributed by atoms with Gasteiger partial charge in [-0.05, 0) is 77.0 Å². The molecule has 5 aliphatic heterocycles. The summed E-state index contributed by atoms with van der Waals surface area (Å²) in [6, 6.07) is -11.0. The molecule has 30 nitrogen and oxygen atoms in total. The molecular weight excluding hydrogens is 1220 g/mol. The highest BCUT2D eigenvalue weighted by Gasteiger charge is 2.47. The third-order valence-electron chi connectivity index (χ3n) is 18.3. The number of nitrogens with zero attached hydrogens (tertiary/aromatic N) is 8. The number of rotatable bonds is 8. The summed E-state index contributed by atoms with van der Waals surface area (Å²) in [6.07, 6.45) is -1.80. The highest BCUT2D eigenvalue weighted by atomic mass is 16.6. The maximum atomic E-state index is 15.6. The van der Waals surface area contributed by atoms with Crippen molar-refractivity contribution in [1.29, 1.82) is 0 Å². The lowest BCUT2D eigenvalue weighted by Crippen LogP contribution is -2.61. The minimum atomic E-state index is -1.92. The zero-order chi connectivity index (χ0) is 69.7. The summed E-state index contributed by atoms with van der Waals surface area (Å²) >= 11 is 0. The van der Waals surface area contributed by atoms with Crippen molar-refractivity contribution >= 4 is 98.9 Å². The summed E-state index contributed by atoms with van der Waals surface area (Å²) in [5.74, 6) is -12.8. The number of fused-ring (bicyclic) bond motifs is 5. The first-order valence-electron chi connectivity index (χ1n) is 31.7. The number of ether oxygens (including phenoxy) is 2. The van der Waals surface area contributed by atoms with Crippen molar-refractivity contribution in [2.45, 2.75) is 176 Å². The summed E-state index contributed by atoms with van der Waals surface area (Å²) in [5, 5.41) is 10.7. The van der Waals surface area contributed by atoms with Gasteiger partial charge < -0.3 is 74.7 Å². The van der Waals surface area contributed by atoms with E-state index in [1.807, 2.05) is 0 Å². The van der Waals surface area contributed by atoms with E-state index < -0.39 is 196 Å². The van der Waals surface area contributed by atoms with Gasteiger partial charge in [-0.3, -0.25) is 52.7 Å². The van der Waals surface area contributed by atoms with Crippen LogP contribution in [0, 0.1) is 44.4 Å². The van der Waals surface area contributed by atoms with E-state index in [2.05, 4.69) is 26.3 Å². The van der Waals surface area contributed by atoms with E-state index in [1.54, 1.807) is 62.3 Å². The number of likely N-dealkylation sites (N-methyl/N-ethyl adjacent to an activating group) is 4. The van der Waals surface area contributed by atoms with Crippen LogP contribution >= 0.6 is 0 Å². The number of hydrogen-bond acceptors (Lipinski definition) is 20. The molecule has 10 amide bonds. The summed E-state index contributed by atoms with van der Waals surface area (Å²) in [7, 11) is 5.56. The van der Waals surface area contributed by atoms with Gasteiger partial charge in [0.15, 0.2) is 22.8 Å². The Balaban J connectivity index is 1.26. The average Bonchev–Trinajstić information content (AvgIpc) is 1.21. The number of carbonyl (C=O) groups excluding carboxylic acids is 12. The molecule has 8 rings (SSSR count). The second-order valence-electron chi connectivity index (χ2n) is 26.5. The molecule has 1 aromatic carbocycles. The van der Waals surface area contributed by atoms with Crippen LogP contribution in [0.3, 0.4) is 0 Å². The summed E-state index contributed by atoms with van der Waals surface area (Å²) in [6.45, 7) is 19.6. The fraction of sp³-hybridized carbons (Fsp3) is 0.609. The number of aromatic nitrogens is 2. The van der Waals surface area contributed by atoms with Crippen LogP contribution in [0.5, 0.6) is 0 Å². The van der Waals surface area contributed by atoms with Crippen LogP contribution in [-0.2, 0) is 57.4 Å². The van der Waals surface area contributed by atoms with Crippen molar-refractivity contribution in [3.8, 4) is 11.5 Å². The lowest BCUT2D eigenvalue weighted by atomic mass is 9.98. The van der Waals surface area contributed by atoms with E-state index in [0.29, 0.717) is 12.8 Å².